The SMILES string of the molecule is CC(C)COC(=O)N(C)C(C)CC(N)=S. The van der Waals surface area contributed by atoms with E-state index in [1.165, 1.54) is 4.90 Å². The third-order valence-corrected chi connectivity index (χ3v) is 2.15. The van der Waals surface area contributed by atoms with E-state index in [4.69, 9.17) is 22.7 Å². The molecule has 0 spiro atoms. The van der Waals surface area contributed by atoms with Crippen molar-refractivity contribution in [3.8, 4) is 0 Å². The van der Waals surface area contributed by atoms with Gasteiger partial charge in [0.15, 0.2) is 0 Å². The molecular weight excluding hydrogens is 212 g/mol. The molecule has 0 aliphatic carbocycles. The highest BCUT2D eigenvalue weighted by Crippen LogP contribution is 2.04. The maximum Gasteiger partial charge on any atom is 0.409 e. The van der Waals surface area contributed by atoms with Crippen molar-refractivity contribution in [1.82, 2.24) is 4.90 Å². The monoisotopic (exact) mass is 232 g/mol. The van der Waals surface area contributed by atoms with Gasteiger partial charge in [-0.3, -0.25) is 0 Å². The van der Waals surface area contributed by atoms with E-state index < -0.39 is 0 Å². The summed E-state index contributed by atoms with van der Waals surface area (Å²) in [7, 11) is 1.69. The van der Waals surface area contributed by atoms with Crippen molar-refractivity contribution >= 4 is 23.3 Å². The molecule has 0 aromatic rings. The summed E-state index contributed by atoms with van der Waals surface area (Å²) in [4.78, 5) is 13.4. The van der Waals surface area contributed by atoms with Gasteiger partial charge < -0.3 is 15.4 Å². The molecule has 15 heavy (non-hydrogen) atoms. The fourth-order valence-electron chi connectivity index (χ4n) is 0.948. The van der Waals surface area contributed by atoms with Gasteiger partial charge in [-0.05, 0) is 12.8 Å². The molecule has 0 aromatic heterocycles. The Morgan fingerprint density at radius 1 is 1.47 bits per heavy atom. The lowest BCUT2D eigenvalue weighted by Crippen LogP contribution is -2.38. The molecule has 5 heteroatoms. The van der Waals surface area contributed by atoms with E-state index in [2.05, 4.69) is 0 Å². The molecule has 88 valence electrons. The van der Waals surface area contributed by atoms with Gasteiger partial charge in [-0.15, -0.1) is 0 Å². The summed E-state index contributed by atoms with van der Waals surface area (Å²) in [6.07, 6.45) is 0.190. The molecule has 0 fully saturated rings. The first kappa shape index (κ1) is 14.2. The summed E-state index contributed by atoms with van der Waals surface area (Å²) >= 11 is 4.78. The predicted octanol–water partition coefficient (Wildman–Crippen LogP) is 1.78. The molecule has 1 unspecified atom stereocenters. The van der Waals surface area contributed by atoms with Crippen LogP contribution in [0.25, 0.3) is 0 Å². The molecule has 1 atom stereocenters. The third-order valence-electron chi connectivity index (χ3n) is 1.99. The van der Waals surface area contributed by atoms with E-state index in [1.807, 2.05) is 20.8 Å². The Kier molecular flexibility index (Phi) is 6.24. The average molecular weight is 232 g/mol. The topological polar surface area (TPSA) is 55.6 Å². The molecular formula is C10H20N2O2S. The van der Waals surface area contributed by atoms with Crippen LogP contribution in [0.1, 0.15) is 27.2 Å². The summed E-state index contributed by atoms with van der Waals surface area (Å²) in [6.45, 7) is 6.30. The first-order chi connectivity index (χ1) is 6.84. The summed E-state index contributed by atoms with van der Waals surface area (Å²) in [6, 6.07) is -0.0258. The highest BCUT2D eigenvalue weighted by Gasteiger charge is 2.17. The molecule has 4 nitrogen and oxygen atoms in total. The van der Waals surface area contributed by atoms with Crippen LogP contribution in [0.3, 0.4) is 0 Å². The lowest BCUT2D eigenvalue weighted by atomic mass is 10.2. The van der Waals surface area contributed by atoms with Crippen LogP contribution < -0.4 is 5.73 Å². The molecule has 0 radical (unpaired) electrons. The smallest absolute Gasteiger partial charge is 0.409 e. The van der Waals surface area contributed by atoms with Crippen molar-refractivity contribution < 1.29 is 9.53 Å². The lowest BCUT2D eigenvalue weighted by molar-refractivity contribution is 0.0904. The van der Waals surface area contributed by atoms with Gasteiger partial charge in [0.1, 0.15) is 0 Å². The number of amides is 1. The van der Waals surface area contributed by atoms with Crippen molar-refractivity contribution in [2.24, 2.45) is 11.7 Å². The van der Waals surface area contributed by atoms with E-state index in [0.29, 0.717) is 23.9 Å². The van der Waals surface area contributed by atoms with Gasteiger partial charge in [0.25, 0.3) is 0 Å². The zero-order chi connectivity index (χ0) is 12.0. The largest absolute Gasteiger partial charge is 0.449 e. The summed E-state index contributed by atoms with van der Waals surface area (Å²) < 4.78 is 5.07. The number of nitrogens with zero attached hydrogens (tertiary/aromatic N) is 1. The fourth-order valence-corrected chi connectivity index (χ4v) is 1.19. The quantitative estimate of drug-likeness (QED) is 0.734. The van der Waals surface area contributed by atoms with Gasteiger partial charge in [-0.1, -0.05) is 26.1 Å². The minimum atomic E-state index is -0.326. The molecule has 0 saturated heterocycles. The molecule has 1 amide bonds. The summed E-state index contributed by atoms with van der Waals surface area (Å²) in [5, 5.41) is 0. The second-order valence-corrected chi connectivity index (χ2v) is 4.63. The normalized spacial score (nSPS) is 12.3. The number of ether oxygens (including phenoxy) is 1. The Morgan fingerprint density at radius 3 is 2.40 bits per heavy atom. The molecule has 0 aliphatic heterocycles. The zero-order valence-corrected chi connectivity index (χ0v) is 10.6. The Morgan fingerprint density at radius 2 is 2.00 bits per heavy atom. The Labute approximate surface area is 96.8 Å². The number of rotatable bonds is 5. The molecule has 2 N–H and O–H groups in total. The highest BCUT2D eigenvalue weighted by molar-refractivity contribution is 7.80. The maximum absolute atomic E-state index is 11.5. The number of carbonyl (C=O) groups excluding carboxylic acids is 1. The Bertz CT molecular complexity index is 231. The lowest BCUT2D eigenvalue weighted by Gasteiger charge is -2.24. The average Bonchev–Trinajstić information content (AvgIpc) is 2.11. The van der Waals surface area contributed by atoms with Crippen molar-refractivity contribution in [3.63, 3.8) is 0 Å². The molecule has 0 aromatic carbocycles. The summed E-state index contributed by atoms with van der Waals surface area (Å²) in [5.74, 6) is 0.341. The van der Waals surface area contributed by atoms with Crippen molar-refractivity contribution in [3.05, 3.63) is 0 Å². The van der Waals surface area contributed by atoms with Crippen LogP contribution in [0.15, 0.2) is 0 Å². The fraction of sp³-hybridized carbons (Fsp3) is 0.800. The van der Waals surface area contributed by atoms with Crippen molar-refractivity contribution in [2.75, 3.05) is 13.7 Å². The van der Waals surface area contributed by atoms with Crippen LogP contribution in [0, 0.1) is 5.92 Å². The van der Waals surface area contributed by atoms with E-state index in [1.54, 1.807) is 7.05 Å². The standard InChI is InChI=1S/C10H20N2O2S/c1-7(2)6-14-10(13)12(4)8(3)5-9(11)15/h7-8H,5-6H2,1-4H3,(H2,11,15). The van der Waals surface area contributed by atoms with E-state index in [-0.39, 0.29) is 12.1 Å². The Hall–Kier alpha value is -0.840. The predicted molar refractivity (Wildman–Crippen MR) is 64.8 cm³/mol. The van der Waals surface area contributed by atoms with Crippen molar-refractivity contribution in [2.45, 2.75) is 33.2 Å². The van der Waals surface area contributed by atoms with Crippen LogP contribution in [-0.2, 0) is 4.74 Å². The van der Waals surface area contributed by atoms with Crippen LogP contribution in [-0.4, -0.2) is 35.7 Å². The number of hydrogen-bond donors (Lipinski definition) is 1. The maximum atomic E-state index is 11.5. The molecule has 0 saturated carbocycles. The molecule has 0 aliphatic rings. The van der Waals surface area contributed by atoms with Crippen LogP contribution in [0.5, 0.6) is 0 Å². The van der Waals surface area contributed by atoms with Gasteiger partial charge in [0.2, 0.25) is 0 Å². The van der Waals surface area contributed by atoms with Crippen LogP contribution >= 0.6 is 12.2 Å². The number of carbonyl (C=O) groups is 1. The van der Waals surface area contributed by atoms with Crippen LogP contribution in [0.2, 0.25) is 0 Å². The highest BCUT2D eigenvalue weighted by atomic mass is 32.1. The van der Waals surface area contributed by atoms with Gasteiger partial charge in [0, 0.05) is 19.5 Å². The number of nitrogens with two attached hydrogens (primary N) is 1. The van der Waals surface area contributed by atoms with Crippen LogP contribution in [0.4, 0.5) is 4.79 Å². The van der Waals surface area contributed by atoms with Gasteiger partial charge >= 0.3 is 6.09 Å². The third kappa shape index (κ3) is 6.28. The first-order valence-corrected chi connectivity index (χ1v) is 5.43. The zero-order valence-electron chi connectivity index (χ0n) is 9.82. The van der Waals surface area contributed by atoms with E-state index in [0.717, 1.165) is 0 Å². The molecule has 0 heterocycles. The minimum Gasteiger partial charge on any atom is -0.449 e. The van der Waals surface area contributed by atoms with Gasteiger partial charge in [-0.2, -0.15) is 0 Å². The van der Waals surface area contributed by atoms with E-state index >= 15 is 0 Å². The molecule has 0 bridgehead atoms. The number of thiocarbonyl (C=S) groups is 1. The first-order valence-electron chi connectivity index (χ1n) is 5.02. The Balaban J connectivity index is 4.01. The van der Waals surface area contributed by atoms with E-state index in [9.17, 15) is 4.79 Å². The van der Waals surface area contributed by atoms with Crippen molar-refractivity contribution in [1.29, 1.82) is 0 Å². The number of hydrogen-bond acceptors (Lipinski definition) is 3. The van der Waals surface area contributed by atoms with Gasteiger partial charge in [-0.25, -0.2) is 4.79 Å². The molecule has 0 rings (SSSR count). The second kappa shape index (κ2) is 6.61. The second-order valence-electron chi connectivity index (χ2n) is 4.10. The van der Waals surface area contributed by atoms with Gasteiger partial charge in [0.05, 0.1) is 11.6 Å². The minimum absolute atomic E-state index is 0.0258. The summed E-state index contributed by atoms with van der Waals surface area (Å²) in [5.41, 5.74) is 5.41.